The van der Waals surface area contributed by atoms with Gasteiger partial charge in [-0.25, -0.2) is 4.98 Å². The van der Waals surface area contributed by atoms with Crippen LogP contribution < -0.4 is 5.32 Å². The summed E-state index contributed by atoms with van der Waals surface area (Å²) in [5.41, 5.74) is 2.25. The summed E-state index contributed by atoms with van der Waals surface area (Å²) in [6.07, 6.45) is 0.420. The second-order valence-corrected chi connectivity index (χ2v) is 9.66. The summed E-state index contributed by atoms with van der Waals surface area (Å²) in [5.74, 6) is -1.10. The van der Waals surface area contributed by atoms with E-state index in [1.54, 1.807) is 5.38 Å². The highest BCUT2D eigenvalue weighted by atomic mass is 32.2. The Kier molecular flexibility index (Phi) is 6.68. The van der Waals surface area contributed by atoms with Crippen molar-refractivity contribution in [2.45, 2.75) is 30.7 Å². The van der Waals surface area contributed by atoms with E-state index in [0.717, 1.165) is 5.56 Å². The van der Waals surface area contributed by atoms with Gasteiger partial charge in [0.05, 0.1) is 18.5 Å². The molecule has 0 saturated carbocycles. The average molecular weight is 490 g/mol. The molecule has 0 radical (unpaired) electrons. The monoisotopic (exact) mass is 489 g/mol. The molecule has 2 N–H and O–H groups in total. The van der Waals surface area contributed by atoms with Gasteiger partial charge in [0.1, 0.15) is 22.1 Å². The highest BCUT2D eigenvalue weighted by Crippen LogP contribution is 2.44. The molecule has 2 amide bonds. The van der Waals surface area contributed by atoms with Crippen molar-refractivity contribution in [2.75, 3.05) is 5.75 Å². The van der Waals surface area contributed by atoms with E-state index in [1.807, 2.05) is 30.3 Å². The number of aryl methyl sites for hydroxylation is 1. The highest BCUT2D eigenvalue weighted by molar-refractivity contribution is 8.00. The van der Waals surface area contributed by atoms with Crippen molar-refractivity contribution in [3.8, 4) is 0 Å². The van der Waals surface area contributed by atoms with Crippen LogP contribution in [0.1, 0.15) is 22.7 Å². The molecule has 4 rings (SSSR count). The largest absolute Gasteiger partial charge is 0.481 e. The first-order valence-electron chi connectivity index (χ1n) is 9.76. The number of thioether (sulfide) groups is 1. The number of thiazole rings is 1. The predicted molar refractivity (Wildman–Crippen MR) is 124 cm³/mol. The number of hydrogen-bond donors (Lipinski definition) is 3. The molecule has 1 fully saturated rings. The van der Waals surface area contributed by atoms with Gasteiger partial charge in [0.15, 0.2) is 0 Å². The molecule has 0 aliphatic carbocycles. The number of aromatic nitrogens is 1. The van der Waals surface area contributed by atoms with Crippen molar-refractivity contribution in [3.05, 3.63) is 57.7 Å². The molecule has 1 saturated heterocycles. The van der Waals surface area contributed by atoms with E-state index in [9.17, 15) is 19.2 Å². The van der Waals surface area contributed by atoms with Crippen LogP contribution in [0.3, 0.4) is 0 Å². The summed E-state index contributed by atoms with van der Waals surface area (Å²) < 4.78 is 0. The van der Waals surface area contributed by atoms with Gasteiger partial charge in [-0.1, -0.05) is 43.0 Å². The number of carboxylic acid groups (broad SMARTS) is 1. The first-order chi connectivity index (χ1) is 15.3. The number of fused-ring (bicyclic) bond motifs is 1. The first-order valence-corrected chi connectivity index (χ1v) is 12.1. The van der Waals surface area contributed by atoms with Crippen LogP contribution in [0.15, 0.2) is 41.4 Å². The molecule has 8 nitrogen and oxygen atoms in total. The number of nitrogens with one attached hydrogen (secondary N) is 1. The van der Waals surface area contributed by atoms with E-state index < -0.39 is 17.1 Å². The lowest BCUT2D eigenvalue weighted by molar-refractivity contribution is -0.146. The van der Waals surface area contributed by atoms with Crippen LogP contribution in [0, 0.1) is 0 Å². The number of rotatable bonds is 8. The van der Waals surface area contributed by atoms with Gasteiger partial charge in [-0.15, -0.1) is 23.1 Å². The van der Waals surface area contributed by atoms with Crippen molar-refractivity contribution in [2.24, 2.45) is 0 Å². The minimum atomic E-state index is -0.910. The quantitative estimate of drug-likeness (QED) is 0.383. The lowest BCUT2D eigenvalue weighted by Crippen LogP contribution is -2.70. The fourth-order valence-corrected chi connectivity index (χ4v) is 6.16. The molecule has 3 heterocycles. The SMILES string of the molecule is O=C(O)CCc1csc(C2=C(C(=O)S)N3C(=O)[C@@H](NC(=O)Cc4ccccc4)[C@H]3SC2)n1. The van der Waals surface area contributed by atoms with Crippen LogP contribution in [-0.4, -0.2) is 55.1 Å². The van der Waals surface area contributed by atoms with E-state index in [4.69, 9.17) is 5.11 Å². The molecular formula is C21H19N3O5S3. The number of aliphatic carboxylic acids is 1. The third-order valence-electron chi connectivity index (χ3n) is 5.10. The maximum absolute atomic E-state index is 12.9. The van der Waals surface area contributed by atoms with Gasteiger partial charge in [0, 0.05) is 23.1 Å². The number of hydrogen-bond acceptors (Lipinski definition) is 7. The van der Waals surface area contributed by atoms with Gasteiger partial charge < -0.3 is 10.4 Å². The van der Waals surface area contributed by atoms with Gasteiger partial charge in [-0.2, -0.15) is 0 Å². The summed E-state index contributed by atoms with van der Waals surface area (Å²) in [4.78, 5) is 54.2. The normalized spacial score (nSPS) is 19.9. The number of carbonyl (C=O) groups excluding carboxylic acids is 3. The Hall–Kier alpha value is -2.63. The molecule has 11 heteroatoms. The van der Waals surface area contributed by atoms with Gasteiger partial charge >= 0.3 is 5.97 Å². The minimum Gasteiger partial charge on any atom is -0.481 e. The van der Waals surface area contributed by atoms with Crippen molar-refractivity contribution in [1.82, 2.24) is 15.2 Å². The highest BCUT2D eigenvalue weighted by Gasteiger charge is 2.54. The number of carbonyl (C=O) groups is 4. The summed E-state index contributed by atoms with van der Waals surface area (Å²) in [5, 5.41) is 13.0. The molecule has 2 aliphatic heterocycles. The number of carboxylic acids is 1. The summed E-state index contributed by atoms with van der Waals surface area (Å²) in [7, 11) is 0. The Morgan fingerprint density at radius 3 is 2.69 bits per heavy atom. The van der Waals surface area contributed by atoms with Gasteiger partial charge in [-0.05, 0) is 5.56 Å². The molecule has 0 spiro atoms. The van der Waals surface area contributed by atoms with Crippen LogP contribution >= 0.6 is 35.7 Å². The number of benzene rings is 1. The van der Waals surface area contributed by atoms with Crippen molar-refractivity contribution < 1.29 is 24.3 Å². The molecule has 2 atom stereocenters. The third-order valence-corrected chi connectivity index (χ3v) is 7.54. The molecule has 2 aliphatic rings. The fraction of sp³-hybridized carbons (Fsp3) is 0.286. The summed E-state index contributed by atoms with van der Waals surface area (Å²) >= 11 is 6.72. The smallest absolute Gasteiger partial charge is 0.303 e. The lowest BCUT2D eigenvalue weighted by atomic mass is 10.0. The molecular weight excluding hydrogens is 470 g/mol. The van der Waals surface area contributed by atoms with Crippen LogP contribution in [-0.2, 0) is 32.0 Å². The maximum atomic E-state index is 12.9. The zero-order valence-electron chi connectivity index (χ0n) is 16.7. The Labute approximate surface area is 197 Å². The standard InChI is InChI=1S/C21H19N3O5S3/c25-14(8-11-4-2-1-3-5-11)23-16-19(28)24-17(21(29)30)13(10-32-20(16)24)18-22-12(9-31-18)6-7-15(26)27/h1-5,9,16,20H,6-8,10H2,(H,23,25)(H,26,27)(H,29,30)/t16-,20-/m1/s1. The third kappa shape index (κ3) is 4.59. The number of β-lactam (4-membered cyclic amide) rings is 1. The second-order valence-electron chi connectivity index (χ2n) is 7.29. The molecule has 0 unspecified atom stereocenters. The predicted octanol–water partition coefficient (Wildman–Crippen LogP) is 1.97. The zero-order valence-corrected chi connectivity index (χ0v) is 19.2. The molecule has 2 aromatic rings. The van der Waals surface area contributed by atoms with Crippen molar-refractivity contribution in [1.29, 1.82) is 0 Å². The number of nitrogens with zero attached hydrogens (tertiary/aromatic N) is 2. The molecule has 1 aromatic carbocycles. The Morgan fingerprint density at radius 1 is 1.25 bits per heavy atom. The van der Waals surface area contributed by atoms with Gasteiger partial charge in [0.2, 0.25) is 11.0 Å². The molecule has 166 valence electrons. The number of thiol groups is 1. The fourth-order valence-electron chi connectivity index (χ4n) is 3.58. The second kappa shape index (κ2) is 9.47. The van der Waals surface area contributed by atoms with Crippen LogP contribution in [0.25, 0.3) is 5.57 Å². The summed E-state index contributed by atoms with van der Waals surface area (Å²) in [6, 6.07) is 8.54. The zero-order chi connectivity index (χ0) is 22.8. The van der Waals surface area contributed by atoms with Crippen molar-refractivity contribution in [3.63, 3.8) is 0 Å². The average Bonchev–Trinajstić information content (AvgIpc) is 3.24. The van der Waals surface area contributed by atoms with Gasteiger partial charge in [-0.3, -0.25) is 24.1 Å². The molecule has 32 heavy (non-hydrogen) atoms. The molecule has 1 aromatic heterocycles. The van der Waals surface area contributed by atoms with E-state index in [1.165, 1.54) is 28.0 Å². The van der Waals surface area contributed by atoms with Crippen molar-refractivity contribution >= 4 is 64.2 Å². The summed E-state index contributed by atoms with van der Waals surface area (Å²) in [6.45, 7) is 0. The Bertz CT molecular complexity index is 1110. The first kappa shape index (κ1) is 22.6. The molecule has 0 bridgehead atoms. The van der Waals surface area contributed by atoms with E-state index in [0.29, 0.717) is 22.0 Å². The number of amides is 2. The van der Waals surface area contributed by atoms with Crippen LogP contribution in [0.4, 0.5) is 0 Å². The maximum Gasteiger partial charge on any atom is 0.303 e. The van der Waals surface area contributed by atoms with E-state index in [2.05, 4.69) is 22.9 Å². The van der Waals surface area contributed by atoms with Crippen LogP contribution in [0.5, 0.6) is 0 Å². The Balaban J connectivity index is 1.49. The minimum absolute atomic E-state index is 0.0353. The van der Waals surface area contributed by atoms with Gasteiger partial charge in [0.25, 0.3) is 5.91 Å². The Morgan fingerprint density at radius 2 is 2.00 bits per heavy atom. The van der Waals surface area contributed by atoms with E-state index in [-0.39, 0.29) is 42.1 Å². The lowest BCUT2D eigenvalue weighted by Gasteiger charge is -2.49. The topological polar surface area (TPSA) is 117 Å². The van der Waals surface area contributed by atoms with E-state index >= 15 is 0 Å². The van der Waals surface area contributed by atoms with Crippen LogP contribution in [0.2, 0.25) is 0 Å².